The molecule has 0 aromatic heterocycles. The lowest BCUT2D eigenvalue weighted by atomic mass is 10.1. The molecule has 0 aliphatic carbocycles. The molecule has 0 spiro atoms. The molecular weight excluding hydrogens is 521 g/mol. The van der Waals surface area contributed by atoms with Crippen molar-refractivity contribution in [3.05, 3.63) is 63.1 Å². The number of amides is 2. The number of nitrogens with zero attached hydrogens (tertiary/aromatic N) is 2. The first-order chi connectivity index (χ1) is 15.8. The minimum Gasteiger partial charge on any atom is -0.352 e. The van der Waals surface area contributed by atoms with Gasteiger partial charge in [0.1, 0.15) is 12.6 Å². The van der Waals surface area contributed by atoms with Crippen LogP contribution in [0.4, 0.5) is 5.69 Å². The largest absolute Gasteiger partial charge is 0.352 e. The van der Waals surface area contributed by atoms with E-state index in [2.05, 4.69) is 5.32 Å². The van der Waals surface area contributed by atoms with E-state index >= 15 is 0 Å². The first-order valence-corrected chi connectivity index (χ1v) is 13.6. The number of carbonyl (C=O) groups is 2. The molecule has 0 heterocycles. The van der Waals surface area contributed by atoms with Crippen LogP contribution in [0.25, 0.3) is 0 Å². The van der Waals surface area contributed by atoms with Gasteiger partial charge in [0.25, 0.3) is 0 Å². The average molecular weight is 549 g/mol. The predicted octanol–water partition coefficient (Wildman–Crippen LogP) is 4.74. The second kappa shape index (κ2) is 12.1. The normalized spacial score (nSPS) is 12.4. The molecule has 0 saturated heterocycles. The zero-order valence-corrected chi connectivity index (χ0v) is 22.5. The monoisotopic (exact) mass is 547 g/mol. The summed E-state index contributed by atoms with van der Waals surface area (Å²) >= 11 is 18.5. The van der Waals surface area contributed by atoms with Crippen LogP contribution in [0.5, 0.6) is 0 Å². The Labute approximate surface area is 216 Å². The highest BCUT2D eigenvalue weighted by atomic mass is 35.5. The fourth-order valence-corrected chi connectivity index (χ4v) is 5.01. The first-order valence-electron chi connectivity index (χ1n) is 10.6. The van der Waals surface area contributed by atoms with Gasteiger partial charge in [-0.2, -0.15) is 0 Å². The maximum absolute atomic E-state index is 13.6. The molecule has 2 aromatic rings. The van der Waals surface area contributed by atoms with Crippen molar-refractivity contribution in [3.8, 4) is 0 Å². The van der Waals surface area contributed by atoms with E-state index in [0.717, 1.165) is 10.6 Å². The minimum atomic E-state index is -3.90. The van der Waals surface area contributed by atoms with E-state index in [0.29, 0.717) is 22.0 Å². The number of carbonyl (C=O) groups excluding carboxylic acids is 2. The van der Waals surface area contributed by atoms with Gasteiger partial charge < -0.3 is 10.2 Å². The summed E-state index contributed by atoms with van der Waals surface area (Å²) in [7, 11) is -3.90. The average Bonchev–Trinajstić information content (AvgIpc) is 2.72. The number of halogens is 3. The molecule has 0 fully saturated rings. The standard InChI is InChI=1S/C23H28Cl3N3O4S/c1-5-20(23(31)27-15(2)3)28(13-16-8-6-7-9-18(16)25)22(30)14-29(34(4,32)33)21-11-10-17(24)12-19(21)26/h6-12,15,20H,5,13-14H2,1-4H3,(H,27,31)/t20-/m0/s1. The Bertz CT molecular complexity index is 1140. The number of hydrogen-bond acceptors (Lipinski definition) is 4. The Morgan fingerprint density at radius 2 is 1.68 bits per heavy atom. The molecular formula is C23H28Cl3N3O4S. The summed E-state index contributed by atoms with van der Waals surface area (Å²) in [5, 5.41) is 3.66. The SMILES string of the molecule is CC[C@@H](C(=O)NC(C)C)N(Cc1ccccc1Cl)C(=O)CN(c1ccc(Cl)cc1Cl)S(C)(=O)=O. The van der Waals surface area contributed by atoms with E-state index in [-0.39, 0.29) is 29.2 Å². The maximum atomic E-state index is 13.6. The van der Waals surface area contributed by atoms with Gasteiger partial charge in [-0.3, -0.25) is 13.9 Å². The summed E-state index contributed by atoms with van der Waals surface area (Å²) in [5.74, 6) is -0.921. The molecule has 7 nitrogen and oxygen atoms in total. The molecule has 0 radical (unpaired) electrons. The van der Waals surface area contributed by atoms with Gasteiger partial charge in [-0.25, -0.2) is 8.42 Å². The van der Waals surface area contributed by atoms with Gasteiger partial charge in [-0.05, 0) is 50.1 Å². The van der Waals surface area contributed by atoms with Crippen LogP contribution in [0.3, 0.4) is 0 Å². The summed E-state index contributed by atoms with van der Waals surface area (Å²) in [4.78, 5) is 27.9. The Balaban J connectivity index is 2.49. The summed E-state index contributed by atoms with van der Waals surface area (Å²) in [5.41, 5.74) is 0.739. The van der Waals surface area contributed by atoms with Gasteiger partial charge in [0.15, 0.2) is 0 Å². The van der Waals surface area contributed by atoms with Gasteiger partial charge in [0, 0.05) is 22.6 Å². The van der Waals surface area contributed by atoms with Crippen molar-refractivity contribution >= 4 is 62.3 Å². The fraction of sp³-hybridized carbons (Fsp3) is 0.391. The zero-order valence-electron chi connectivity index (χ0n) is 19.4. The van der Waals surface area contributed by atoms with Crippen molar-refractivity contribution in [1.29, 1.82) is 0 Å². The molecule has 11 heteroatoms. The lowest BCUT2D eigenvalue weighted by Gasteiger charge is -2.33. The van der Waals surface area contributed by atoms with Crippen molar-refractivity contribution < 1.29 is 18.0 Å². The van der Waals surface area contributed by atoms with Crippen molar-refractivity contribution in [2.45, 2.75) is 45.8 Å². The Kier molecular flexibility index (Phi) is 10.1. The van der Waals surface area contributed by atoms with E-state index in [4.69, 9.17) is 34.8 Å². The Hall–Kier alpha value is -2.00. The maximum Gasteiger partial charge on any atom is 0.244 e. The molecule has 0 saturated carbocycles. The minimum absolute atomic E-state index is 0.0223. The molecule has 186 valence electrons. The molecule has 2 aromatic carbocycles. The van der Waals surface area contributed by atoms with Crippen LogP contribution in [-0.4, -0.2) is 50.0 Å². The van der Waals surface area contributed by atoms with E-state index < -0.39 is 28.5 Å². The first kappa shape index (κ1) is 28.2. The third-order valence-corrected chi connectivity index (χ3v) is 7.01. The van der Waals surface area contributed by atoms with Crippen LogP contribution in [-0.2, 0) is 26.2 Å². The summed E-state index contributed by atoms with van der Waals surface area (Å²) in [6.07, 6.45) is 1.29. The van der Waals surface area contributed by atoms with Crippen molar-refractivity contribution in [1.82, 2.24) is 10.2 Å². The van der Waals surface area contributed by atoms with Gasteiger partial charge in [0.05, 0.1) is 17.0 Å². The summed E-state index contributed by atoms with van der Waals surface area (Å²) in [6.45, 7) is 4.88. The number of nitrogens with one attached hydrogen (secondary N) is 1. The van der Waals surface area contributed by atoms with Gasteiger partial charge >= 0.3 is 0 Å². The van der Waals surface area contributed by atoms with Crippen molar-refractivity contribution in [3.63, 3.8) is 0 Å². The molecule has 1 N–H and O–H groups in total. The van der Waals surface area contributed by atoms with Gasteiger partial charge in [-0.1, -0.05) is 59.9 Å². The molecule has 1 atom stereocenters. The zero-order chi connectivity index (χ0) is 25.6. The second-order valence-electron chi connectivity index (χ2n) is 8.07. The highest BCUT2D eigenvalue weighted by Gasteiger charge is 2.32. The highest BCUT2D eigenvalue weighted by molar-refractivity contribution is 7.92. The van der Waals surface area contributed by atoms with Crippen LogP contribution >= 0.6 is 34.8 Å². The molecule has 34 heavy (non-hydrogen) atoms. The molecule has 0 bridgehead atoms. The van der Waals surface area contributed by atoms with Crippen molar-refractivity contribution in [2.24, 2.45) is 0 Å². The quantitative estimate of drug-likeness (QED) is 0.464. The molecule has 2 rings (SSSR count). The third kappa shape index (κ3) is 7.50. The Morgan fingerprint density at radius 3 is 2.21 bits per heavy atom. The lowest BCUT2D eigenvalue weighted by Crippen LogP contribution is -2.53. The number of hydrogen-bond donors (Lipinski definition) is 1. The van der Waals surface area contributed by atoms with Gasteiger partial charge in [-0.15, -0.1) is 0 Å². The second-order valence-corrected chi connectivity index (χ2v) is 11.2. The van der Waals surface area contributed by atoms with E-state index in [1.54, 1.807) is 31.2 Å². The van der Waals surface area contributed by atoms with Crippen molar-refractivity contribution in [2.75, 3.05) is 17.1 Å². The number of rotatable bonds is 10. The summed E-state index contributed by atoms with van der Waals surface area (Å²) in [6, 6.07) is 10.3. The van der Waals surface area contributed by atoms with E-state index in [1.807, 2.05) is 13.8 Å². The smallest absolute Gasteiger partial charge is 0.244 e. The topological polar surface area (TPSA) is 86.8 Å². The molecule has 0 aliphatic rings. The van der Waals surface area contributed by atoms with Gasteiger partial charge in [0.2, 0.25) is 21.8 Å². The lowest BCUT2D eigenvalue weighted by molar-refractivity contribution is -0.140. The van der Waals surface area contributed by atoms with Crippen LogP contribution in [0.1, 0.15) is 32.8 Å². The third-order valence-electron chi connectivity index (χ3n) is 4.97. The van der Waals surface area contributed by atoms with E-state index in [9.17, 15) is 18.0 Å². The fourth-order valence-electron chi connectivity index (χ4n) is 3.39. The highest BCUT2D eigenvalue weighted by Crippen LogP contribution is 2.31. The summed E-state index contributed by atoms with van der Waals surface area (Å²) < 4.78 is 26.1. The molecule has 0 unspecified atom stereocenters. The predicted molar refractivity (Wildman–Crippen MR) is 138 cm³/mol. The van der Waals surface area contributed by atoms with E-state index in [1.165, 1.54) is 23.1 Å². The number of benzene rings is 2. The van der Waals surface area contributed by atoms with Crippen LogP contribution in [0.15, 0.2) is 42.5 Å². The molecule has 2 amide bonds. The number of sulfonamides is 1. The van der Waals surface area contributed by atoms with Crippen LogP contribution in [0.2, 0.25) is 15.1 Å². The number of anilines is 1. The van der Waals surface area contributed by atoms with Crippen LogP contribution in [0, 0.1) is 0 Å². The molecule has 0 aliphatic heterocycles. The van der Waals surface area contributed by atoms with Crippen LogP contribution < -0.4 is 9.62 Å². The Morgan fingerprint density at radius 1 is 1.03 bits per heavy atom.